The fraction of sp³-hybridized carbons (Fsp3) is 0.444. The van der Waals surface area contributed by atoms with Gasteiger partial charge in [-0.05, 0) is 62.9 Å². The van der Waals surface area contributed by atoms with Gasteiger partial charge in [0.15, 0.2) is 0 Å². The van der Waals surface area contributed by atoms with Crippen LogP contribution in [0, 0.1) is 5.92 Å². The van der Waals surface area contributed by atoms with Crippen molar-refractivity contribution in [3.8, 4) is 17.0 Å². The number of aromatic nitrogens is 2. The first-order valence-corrected chi connectivity index (χ1v) is 8.01. The van der Waals surface area contributed by atoms with Gasteiger partial charge in [0, 0.05) is 11.3 Å². The normalized spacial score (nSPS) is 18.7. The summed E-state index contributed by atoms with van der Waals surface area (Å²) in [5.41, 5.74) is 3.18. The highest BCUT2D eigenvalue weighted by Crippen LogP contribution is 2.24. The summed E-state index contributed by atoms with van der Waals surface area (Å²) >= 11 is 0. The fourth-order valence-electron chi connectivity index (χ4n) is 3.04. The number of methoxy groups -OCH3 is 1. The maximum atomic E-state index is 5.29. The maximum Gasteiger partial charge on any atom is 0.119 e. The molecule has 1 aliphatic heterocycles. The van der Waals surface area contributed by atoms with Crippen LogP contribution in [0.3, 0.4) is 0 Å². The van der Waals surface area contributed by atoms with Crippen molar-refractivity contribution in [2.75, 3.05) is 20.2 Å². The number of hydrogen-bond acceptors (Lipinski definition) is 4. The topological polar surface area (TPSA) is 47.0 Å². The van der Waals surface area contributed by atoms with Gasteiger partial charge in [-0.15, -0.1) is 0 Å². The molecule has 1 aromatic carbocycles. The van der Waals surface area contributed by atoms with Gasteiger partial charge in [0.2, 0.25) is 0 Å². The molecule has 1 N–H and O–H groups in total. The second-order valence-electron chi connectivity index (χ2n) is 5.88. The third-order valence-corrected chi connectivity index (χ3v) is 4.28. The van der Waals surface area contributed by atoms with Crippen molar-refractivity contribution < 1.29 is 4.74 Å². The Morgan fingerprint density at radius 1 is 1.18 bits per heavy atom. The third-order valence-electron chi connectivity index (χ3n) is 4.28. The summed E-state index contributed by atoms with van der Waals surface area (Å²) in [6.07, 6.45) is 6.50. The van der Waals surface area contributed by atoms with E-state index in [2.05, 4.69) is 27.4 Å². The summed E-state index contributed by atoms with van der Waals surface area (Å²) in [6.45, 7) is 2.27. The van der Waals surface area contributed by atoms with E-state index < -0.39 is 0 Å². The lowest BCUT2D eigenvalue weighted by Gasteiger charge is -2.13. The standard InChI is InChI=1S/C18H23N3O/c1-22-17-6-2-5-15(11-17)18-12-16(20-13-21-18)10-14-4-3-8-19-9-7-14/h2,5-6,11-14,19H,3-4,7-10H2,1H3/t14-/m1/s1. The predicted octanol–water partition coefficient (Wildman–Crippen LogP) is 3.08. The monoisotopic (exact) mass is 297 g/mol. The second kappa shape index (κ2) is 7.36. The minimum Gasteiger partial charge on any atom is -0.497 e. The molecule has 0 amide bonds. The quantitative estimate of drug-likeness (QED) is 0.942. The molecular weight excluding hydrogens is 274 g/mol. The van der Waals surface area contributed by atoms with Crippen LogP contribution in [0.25, 0.3) is 11.3 Å². The highest BCUT2D eigenvalue weighted by Gasteiger charge is 2.14. The lowest BCUT2D eigenvalue weighted by atomic mass is 9.94. The summed E-state index contributed by atoms with van der Waals surface area (Å²) in [7, 11) is 1.69. The molecule has 3 rings (SSSR count). The van der Waals surface area contributed by atoms with Crippen molar-refractivity contribution in [1.82, 2.24) is 15.3 Å². The number of hydrogen-bond donors (Lipinski definition) is 1. The van der Waals surface area contributed by atoms with Crippen LogP contribution in [-0.2, 0) is 6.42 Å². The number of nitrogens with zero attached hydrogens (tertiary/aromatic N) is 2. The molecule has 1 atom stereocenters. The van der Waals surface area contributed by atoms with Gasteiger partial charge >= 0.3 is 0 Å². The molecular formula is C18H23N3O. The highest BCUT2D eigenvalue weighted by atomic mass is 16.5. The van der Waals surface area contributed by atoms with Crippen LogP contribution in [0.1, 0.15) is 25.0 Å². The summed E-state index contributed by atoms with van der Waals surface area (Å²) < 4.78 is 5.29. The van der Waals surface area contributed by atoms with E-state index >= 15 is 0 Å². The molecule has 2 heterocycles. The van der Waals surface area contributed by atoms with Crippen LogP contribution in [0.15, 0.2) is 36.7 Å². The van der Waals surface area contributed by atoms with Crippen LogP contribution in [0.2, 0.25) is 0 Å². The molecule has 1 saturated heterocycles. The number of rotatable bonds is 4. The van der Waals surface area contributed by atoms with Crippen molar-refractivity contribution in [3.63, 3.8) is 0 Å². The zero-order chi connectivity index (χ0) is 15.2. The third kappa shape index (κ3) is 3.83. The van der Waals surface area contributed by atoms with Crippen molar-refractivity contribution in [2.24, 2.45) is 5.92 Å². The van der Waals surface area contributed by atoms with Gasteiger partial charge < -0.3 is 10.1 Å². The van der Waals surface area contributed by atoms with Crippen LogP contribution in [-0.4, -0.2) is 30.2 Å². The molecule has 0 spiro atoms. The zero-order valence-electron chi connectivity index (χ0n) is 13.1. The van der Waals surface area contributed by atoms with Crippen molar-refractivity contribution >= 4 is 0 Å². The first kappa shape index (κ1) is 15.0. The van der Waals surface area contributed by atoms with E-state index in [9.17, 15) is 0 Å². The molecule has 116 valence electrons. The Morgan fingerprint density at radius 3 is 3.05 bits per heavy atom. The first-order valence-electron chi connectivity index (χ1n) is 8.01. The van der Waals surface area contributed by atoms with E-state index in [1.54, 1.807) is 13.4 Å². The molecule has 4 heteroatoms. The Morgan fingerprint density at radius 2 is 2.14 bits per heavy atom. The summed E-state index contributed by atoms with van der Waals surface area (Å²) in [6, 6.07) is 10.1. The maximum absolute atomic E-state index is 5.29. The van der Waals surface area contributed by atoms with Gasteiger partial charge in [-0.25, -0.2) is 9.97 Å². The molecule has 0 bridgehead atoms. The first-order chi connectivity index (χ1) is 10.8. The number of benzene rings is 1. The Labute approximate surface area is 132 Å². The summed E-state index contributed by atoms with van der Waals surface area (Å²) in [5.74, 6) is 1.58. The van der Waals surface area contributed by atoms with E-state index in [4.69, 9.17) is 4.74 Å². The van der Waals surface area contributed by atoms with Crippen LogP contribution in [0.4, 0.5) is 0 Å². The Kier molecular flexibility index (Phi) is 5.01. The van der Waals surface area contributed by atoms with E-state index in [-0.39, 0.29) is 0 Å². The van der Waals surface area contributed by atoms with Gasteiger partial charge in [0.25, 0.3) is 0 Å². The van der Waals surface area contributed by atoms with Gasteiger partial charge in [0.05, 0.1) is 12.8 Å². The van der Waals surface area contributed by atoms with Gasteiger partial charge in [0.1, 0.15) is 12.1 Å². The summed E-state index contributed by atoms with van der Waals surface area (Å²) in [5, 5.41) is 3.47. The molecule has 4 nitrogen and oxygen atoms in total. The van der Waals surface area contributed by atoms with Crippen LogP contribution >= 0.6 is 0 Å². The molecule has 0 unspecified atom stereocenters. The zero-order valence-corrected chi connectivity index (χ0v) is 13.1. The average Bonchev–Trinajstić information content (AvgIpc) is 2.84. The number of ether oxygens (including phenoxy) is 1. The highest BCUT2D eigenvalue weighted by molar-refractivity contribution is 5.61. The lowest BCUT2D eigenvalue weighted by molar-refractivity contribution is 0.415. The Balaban J connectivity index is 1.76. The largest absolute Gasteiger partial charge is 0.497 e. The Bertz CT molecular complexity index is 607. The smallest absolute Gasteiger partial charge is 0.119 e. The molecule has 1 aromatic heterocycles. The van der Waals surface area contributed by atoms with E-state index in [1.807, 2.05) is 18.2 Å². The molecule has 0 saturated carbocycles. The van der Waals surface area contributed by atoms with Gasteiger partial charge in [-0.3, -0.25) is 0 Å². The predicted molar refractivity (Wildman–Crippen MR) is 87.9 cm³/mol. The molecule has 0 aliphatic carbocycles. The summed E-state index contributed by atoms with van der Waals surface area (Å²) in [4.78, 5) is 8.89. The van der Waals surface area contributed by atoms with Crippen molar-refractivity contribution in [1.29, 1.82) is 0 Å². The van der Waals surface area contributed by atoms with Gasteiger partial charge in [-0.1, -0.05) is 12.1 Å². The minimum atomic E-state index is 0.725. The molecule has 22 heavy (non-hydrogen) atoms. The fourth-order valence-corrected chi connectivity index (χ4v) is 3.04. The minimum absolute atomic E-state index is 0.725. The molecule has 2 aromatic rings. The van der Waals surface area contributed by atoms with Gasteiger partial charge in [-0.2, -0.15) is 0 Å². The van der Waals surface area contributed by atoms with E-state index in [1.165, 1.54) is 19.3 Å². The SMILES string of the molecule is COc1cccc(-c2cc(C[C@@H]3CCCNCC3)ncn2)c1. The second-order valence-corrected chi connectivity index (χ2v) is 5.88. The van der Waals surface area contributed by atoms with Crippen molar-refractivity contribution in [2.45, 2.75) is 25.7 Å². The Hall–Kier alpha value is -1.94. The molecule has 0 radical (unpaired) electrons. The lowest BCUT2D eigenvalue weighted by Crippen LogP contribution is -2.14. The molecule has 1 aliphatic rings. The van der Waals surface area contributed by atoms with Crippen LogP contribution < -0.4 is 10.1 Å². The van der Waals surface area contributed by atoms with Crippen LogP contribution in [0.5, 0.6) is 5.75 Å². The molecule has 1 fully saturated rings. The average molecular weight is 297 g/mol. The van der Waals surface area contributed by atoms with Crippen molar-refractivity contribution in [3.05, 3.63) is 42.4 Å². The van der Waals surface area contributed by atoms with E-state index in [0.29, 0.717) is 0 Å². The number of nitrogens with one attached hydrogen (secondary N) is 1. The van der Waals surface area contributed by atoms with E-state index in [0.717, 1.165) is 48.1 Å².